The van der Waals surface area contributed by atoms with Gasteiger partial charge in [0.1, 0.15) is 6.61 Å². The number of amides is 1. The van der Waals surface area contributed by atoms with Gasteiger partial charge in [-0.2, -0.15) is 16.9 Å². The van der Waals surface area contributed by atoms with Crippen molar-refractivity contribution in [3.05, 3.63) is 0 Å². The Labute approximate surface area is 82.1 Å². The monoisotopic (exact) mass is 202 g/mol. The molecule has 0 unspecified atom stereocenters. The fourth-order valence-corrected chi connectivity index (χ4v) is 1.97. The van der Waals surface area contributed by atoms with E-state index in [9.17, 15) is 4.79 Å². The zero-order chi connectivity index (χ0) is 9.52. The molecule has 1 rings (SSSR count). The molecule has 0 bridgehead atoms. The molecule has 1 N–H and O–H groups in total. The molecule has 0 aromatic heterocycles. The Morgan fingerprint density at radius 3 is 3.23 bits per heavy atom. The summed E-state index contributed by atoms with van der Waals surface area (Å²) in [6.45, 7) is 0.0733. The number of ether oxygens (including phenoxy) is 1. The van der Waals surface area contributed by atoms with Crippen LogP contribution in [0.3, 0.4) is 0 Å². The SMILES string of the molecule is COCC(=O)N/N=C1/CCCSC1. The van der Waals surface area contributed by atoms with E-state index in [4.69, 9.17) is 0 Å². The summed E-state index contributed by atoms with van der Waals surface area (Å²) in [7, 11) is 1.49. The minimum atomic E-state index is -0.189. The lowest BCUT2D eigenvalue weighted by molar-refractivity contribution is -0.124. The van der Waals surface area contributed by atoms with Gasteiger partial charge in [0.05, 0.1) is 0 Å². The second-order valence-electron chi connectivity index (χ2n) is 2.80. The molecule has 1 fully saturated rings. The lowest BCUT2D eigenvalue weighted by Crippen LogP contribution is -2.25. The number of hydrogen-bond donors (Lipinski definition) is 1. The molecule has 1 aliphatic heterocycles. The fourth-order valence-electron chi connectivity index (χ4n) is 1.03. The summed E-state index contributed by atoms with van der Waals surface area (Å²) in [6.07, 6.45) is 2.16. The highest BCUT2D eigenvalue weighted by Crippen LogP contribution is 2.13. The average molecular weight is 202 g/mol. The van der Waals surface area contributed by atoms with E-state index >= 15 is 0 Å². The number of methoxy groups -OCH3 is 1. The molecule has 0 aliphatic carbocycles. The van der Waals surface area contributed by atoms with Crippen molar-refractivity contribution in [2.24, 2.45) is 5.10 Å². The molecule has 0 atom stereocenters. The van der Waals surface area contributed by atoms with Gasteiger partial charge in [-0.25, -0.2) is 5.43 Å². The molecular weight excluding hydrogens is 188 g/mol. The highest BCUT2D eigenvalue weighted by molar-refractivity contribution is 8.00. The van der Waals surface area contributed by atoms with E-state index in [0.29, 0.717) is 0 Å². The highest BCUT2D eigenvalue weighted by atomic mass is 32.2. The van der Waals surface area contributed by atoms with Crippen molar-refractivity contribution in [3.63, 3.8) is 0 Å². The molecule has 13 heavy (non-hydrogen) atoms. The molecule has 1 aliphatic rings. The average Bonchev–Trinajstić information content (AvgIpc) is 2.17. The molecule has 5 heteroatoms. The Bertz CT molecular complexity index is 198. The molecule has 0 radical (unpaired) electrons. The first kappa shape index (κ1) is 10.5. The maximum atomic E-state index is 10.9. The Kier molecular flexibility index (Phi) is 4.85. The number of nitrogens with zero attached hydrogens (tertiary/aromatic N) is 1. The molecule has 0 aromatic rings. The zero-order valence-corrected chi connectivity index (χ0v) is 8.52. The van der Waals surface area contributed by atoms with Crippen molar-refractivity contribution in [2.45, 2.75) is 12.8 Å². The van der Waals surface area contributed by atoms with E-state index in [-0.39, 0.29) is 12.5 Å². The number of nitrogens with one attached hydrogen (secondary N) is 1. The lowest BCUT2D eigenvalue weighted by Gasteiger charge is -2.11. The molecule has 0 aromatic carbocycles. The van der Waals surface area contributed by atoms with Crippen LogP contribution in [0.5, 0.6) is 0 Å². The standard InChI is InChI=1S/C8H14N2O2S/c1-12-5-8(11)10-9-7-3-2-4-13-6-7/h2-6H2,1H3,(H,10,11)/b9-7-. The van der Waals surface area contributed by atoms with Crippen molar-refractivity contribution in [1.82, 2.24) is 5.43 Å². The van der Waals surface area contributed by atoms with E-state index in [2.05, 4.69) is 15.3 Å². The number of rotatable bonds is 3. The Hall–Kier alpha value is -0.550. The molecule has 1 heterocycles. The summed E-state index contributed by atoms with van der Waals surface area (Å²) in [4.78, 5) is 10.9. The number of hydrogen-bond acceptors (Lipinski definition) is 4. The first-order chi connectivity index (χ1) is 6.33. The van der Waals surface area contributed by atoms with E-state index in [0.717, 1.165) is 24.3 Å². The third-order valence-corrected chi connectivity index (χ3v) is 2.75. The largest absolute Gasteiger partial charge is 0.375 e. The highest BCUT2D eigenvalue weighted by Gasteiger charge is 2.07. The van der Waals surface area contributed by atoms with E-state index in [1.54, 1.807) is 0 Å². The summed E-state index contributed by atoms with van der Waals surface area (Å²) >= 11 is 1.85. The van der Waals surface area contributed by atoms with Crippen LogP contribution in [-0.4, -0.2) is 36.8 Å². The van der Waals surface area contributed by atoms with Gasteiger partial charge in [0, 0.05) is 18.6 Å². The Morgan fingerprint density at radius 1 is 1.77 bits per heavy atom. The Morgan fingerprint density at radius 2 is 2.62 bits per heavy atom. The van der Waals surface area contributed by atoms with E-state index in [1.807, 2.05) is 11.8 Å². The number of carbonyl (C=O) groups excluding carboxylic acids is 1. The summed E-state index contributed by atoms with van der Waals surface area (Å²) in [5.41, 5.74) is 3.53. The van der Waals surface area contributed by atoms with Gasteiger partial charge in [0.25, 0.3) is 5.91 Å². The van der Waals surface area contributed by atoms with Gasteiger partial charge in [-0.3, -0.25) is 4.79 Å². The molecule has 74 valence electrons. The van der Waals surface area contributed by atoms with Crippen LogP contribution in [0.25, 0.3) is 0 Å². The molecule has 0 saturated carbocycles. The van der Waals surface area contributed by atoms with Crippen LogP contribution < -0.4 is 5.43 Å². The van der Waals surface area contributed by atoms with E-state index in [1.165, 1.54) is 12.9 Å². The minimum Gasteiger partial charge on any atom is -0.375 e. The van der Waals surface area contributed by atoms with Gasteiger partial charge in [0.15, 0.2) is 0 Å². The third-order valence-electron chi connectivity index (χ3n) is 1.64. The Balaban J connectivity index is 2.25. The molecule has 4 nitrogen and oxygen atoms in total. The fraction of sp³-hybridized carbons (Fsp3) is 0.750. The van der Waals surface area contributed by atoms with Crippen LogP contribution in [0.15, 0.2) is 5.10 Å². The minimum absolute atomic E-state index is 0.0733. The van der Waals surface area contributed by atoms with Gasteiger partial charge in [0.2, 0.25) is 0 Å². The molecular formula is C8H14N2O2S. The first-order valence-corrected chi connectivity index (χ1v) is 5.39. The normalized spacial score (nSPS) is 20.2. The second kappa shape index (κ2) is 5.99. The van der Waals surface area contributed by atoms with Gasteiger partial charge in [-0.1, -0.05) is 0 Å². The van der Waals surface area contributed by atoms with Crippen LogP contribution in [0.4, 0.5) is 0 Å². The van der Waals surface area contributed by atoms with Crippen molar-refractivity contribution < 1.29 is 9.53 Å². The molecule has 1 amide bonds. The summed E-state index contributed by atoms with van der Waals surface area (Å²) in [6, 6.07) is 0. The predicted octanol–water partition coefficient (Wildman–Crippen LogP) is 0.632. The topological polar surface area (TPSA) is 50.7 Å². The molecule has 1 saturated heterocycles. The van der Waals surface area contributed by atoms with Crippen LogP contribution in [0.1, 0.15) is 12.8 Å². The van der Waals surface area contributed by atoms with Crippen LogP contribution in [0, 0.1) is 0 Å². The van der Waals surface area contributed by atoms with Gasteiger partial charge < -0.3 is 4.74 Å². The number of hydrazone groups is 1. The van der Waals surface area contributed by atoms with Crippen LogP contribution in [0.2, 0.25) is 0 Å². The lowest BCUT2D eigenvalue weighted by atomic mass is 10.2. The summed E-state index contributed by atoms with van der Waals surface area (Å²) in [5, 5.41) is 4.02. The number of carbonyl (C=O) groups is 1. The third kappa shape index (κ3) is 4.28. The molecule has 0 spiro atoms. The first-order valence-electron chi connectivity index (χ1n) is 4.24. The number of thioether (sulfide) groups is 1. The van der Waals surface area contributed by atoms with Crippen LogP contribution in [-0.2, 0) is 9.53 Å². The summed E-state index contributed by atoms with van der Waals surface area (Å²) < 4.78 is 4.66. The van der Waals surface area contributed by atoms with Gasteiger partial charge in [-0.05, 0) is 18.6 Å². The van der Waals surface area contributed by atoms with Crippen molar-refractivity contribution in [1.29, 1.82) is 0 Å². The van der Waals surface area contributed by atoms with Crippen LogP contribution >= 0.6 is 11.8 Å². The zero-order valence-electron chi connectivity index (χ0n) is 7.71. The quantitative estimate of drug-likeness (QED) is 0.683. The summed E-state index contributed by atoms with van der Waals surface area (Å²) in [5.74, 6) is 1.95. The van der Waals surface area contributed by atoms with Gasteiger partial charge in [-0.15, -0.1) is 0 Å². The van der Waals surface area contributed by atoms with Gasteiger partial charge >= 0.3 is 0 Å². The van der Waals surface area contributed by atoms with E-state index < -0.39 is 0 Å². The van der Waals surface area contributed by atoms with Crippen molar-refractivity contribution in [2.75, 3.05) is 25.2 Å². The van der Waals surface area contributed by atoms with Crippen molar-refractivity contribution >= 4 is 23.4 Å². The smallest absolute Gasteiger partial charge is 0.266 e. The second-order valence-corrected chi connectivity index (χ2v) is 3.91. The van der Waals surface area contributed by atoms with Crippen molar-refractivity contribution in [3.8, 4) is 0 Å². The maximum absolute atomic E-state index is 10.9. The maximum Gasteiger partial charge on any atom is 0.266 e. The predicted molar refractivity (Wildman–Crippen MR) is 54.0 cm³/mol.